The number of amidine groups is 2. The zero-order valence-electron chi connectivity index (χ0n) is 15.5. The Morgan fingerprint density at radius 3 is 2.53 bits per heavy atom. The number of carbonyl (C=O) groups is 4. The second-order valence-corrected chi connectivity index (χ2v) is 9.33. The Hall–Kier alpha value is -2.38. The van der Waals surface area contributed by atoms with Gasteiger partial charge in [0.15, 0.2) is 5.17 Å². The summed E-state index contributed by atoms with van der Waals surface area (Å²) in [5, 5.41) is 14.3. The molecule has 0 radical (unpaired) electrons. The molecule has 0 spiro atoms. The predicted octanol–water partition coefficient (Wildman–Crippen LogP) is 2.07. The van der Waals surface area contributed by atoms with E-state index >= 15 is 0 Å². The van der Waals surface area contributed by atoms with E-state index in [4.69, 9.17) is 0 Å². The highest BCUT2D eigenvalue weighted by atomic mass is 79.9. The van der Waals surface area contributed by atoms with E-state index in [-0.39, 0.29) is 40.9 Å². The van der Waals surface area contributed by atoms with Gasteiger partial charge in [0.25, 0.3) is 5.24 Å². The largest absolute Gasteiger partial charge is 0.469 e. The molecule has 2 heterocycles. The molecule has 2 saturated heterocycles. The molecule has 2 fully saturated rings. The number of rotatable bonds is 6. The number of thioether (sulfide) groups is 2. The molecule has 3 N–H and O–H groups in total. The molecular weight excluding hydrogens is 498 g/mol. The Labute approximate surface area is 188 Å². The Morgan fingerprint density at radius 2 is 1.83 bits per heavy atom. The van der Waals surface area contributed by atoms with Crippen LogP contribution in [0.15, 0.2) is 38.9 Å². The normalized spacial score (nSPS) is 23.4. The number of methoxy groups -OCH3 is 1. The minimum Gasteiger partial charge on any atom is -0.469 e. The van der Waals surface area contributed by atoms with Crippen LogP contribution in [0.25, 0.3) is 0 Å². The second-order valence-electron chi connectivity index (χ2n) is 6.04. The summed E-state index contributed by atoms with van der Waals surface area (Å²) in [6, 6.07) is 7.07. The van der Waals surface area contributed by atoms with Crippen LogP contribution >= 0.6 is 39.5 Å². The number of anilines is 1. The van der Waals surface area contributed by atoms with Gasteiger partial charge in [0.1, 0.15) is 11.1 Å². The third-order valence-corrected chi connectivity index (χ3v) is 6.48. The van der Waals surface area contributed by atoms with Crippen molar-refractivity contribution in [2.24, 2.45) is 10.2 Å². The molecular formula is C17H16BrN5O5S2. The summed E-state index contributed by atoms with van der Waals surface area (Å²) < 4.78 is 5.49. The molecule has 30 heavy (non-hydrogen) atoms. The number of halogens is 1. The highest BCUT2D eigenvalue weighted by Crippen LogP contribution is 2.25. The SMILES string of the molecule is COC(=O)C[C@@H]1SC(=O)N/C1=N\N=C1\NC(=O)[C@@H](CC(=O)Nc2ccc(Br)cc2)S1. The Balaban J connectivity index is 1.58. The highest BCUT2D eigenvalue weighted by Gasteiger charge is 2.34. The van der Waals surface area contributed by atoms with Gasteiger partial charge in [0, 0.05) is 16.6 Å². The maximum Gasteiger partial charge on any atom is 0.307 e. The van der Waals surface area contributed by atoms with Gasteiger partial charge in [-0.05, 0) is 24.3 Å². The first-order chi connectivity index (χ1) is 14.3. The molecule has 2 aliphatic rings. The van der Waals surface area contributed by atoms with Crippen LogP contribution < -0.4 is 16.0 Å². The molecule has 3 rings (SSSR count). The molecule has 13 heteroatoms. The van der Waals surface area contributed by atoms with Gasteiger partial charge < -0.3 is 20.7 Å². The van der Waals surface area contributed by atoms with E-state index in [1.165, 1.54) is 7.11 Å². The third kappa shape index (κ3) is 6.06. The van der Waals surface area contributed by atoms with E-state index in [0.29, 0.717) is 5.69 Å². The number of amides is 3. The van der Waals surface area contributed by atoms with Gasteiger partial charge in [-0.25, -0.2) is 0 Å². The van der Waals surface area contributed by atoms with Crippen LogP contribution in [0.3, 0.4) is 0 Å². The second kappa shape index (κ2) is 10.1. The van der Waals surface area contributed by atoms with Gasteiger partial charge in [0.05, 0.1) is 18.8 Å². The molecule has 1 aromatic rings. The van der Waals surface area contributed by atoms with E-state index < -0.39 is 16.5 Å². The Morgan fingerprint density at radius 1 is 1.10 bits per heavy atom. The number of nitrogens with one attached hydrogen (secondary N) is 3. The van der Waals surface area contributed by atoms with Crippen molar-refractivity contribution in [2.75, 3.05) is 12.4 Å². The smallest absolute Gasteiger partial charge is 0.307 e. The number of esters is 1. The van der Waals surface area contributed by atoms with Crippen molar-refractivity contribution in [3.8, 4) is 0 Å². The number of carbonyl (C=O) groups excluding carboxylic acids is 4. The van der Waals surface area contributed by atoms with Crippen molar-refractivity contribution >= 4 is 79.2 Å². The first-order valence-corrected chi connectivity index (χ1v) is 11.1. The van der Waals surface area contributed by atoms with E-state index in [1.54, 1.807) is 24.3 Å². The van der Waals surface area contributed by atoms with E-state index in [0.717, 1.165) is 28.0 Å². The summed E-state index contributed by atoms with van der Waals surface area (Å²) in [5.74, 6) is -0.949. The molecule has 2 atom stereocenters. The minimum atomic E-state index is -0.655. The zero-order valence-corrected chi connectivity index (χ0v) is 18.7. The van der Waals surface area contributed by atoms with E-state index in [9.17, 15) is 19.2 Å². The van der Waals surface area contributed by atoms with Crippen molar-refractivity contribution in [2.45, 2.75) is 23.3 Å². The molecule has 0 unspecified atom stereocenters. The van der Waals surface area contributed by atoms with Crippen LogP contribution in [0.1, 0.15) is 12.8 Å². The van der Waals surface area contributed by atoms with Crippen LogP contribution in [0, 0.1) is 0 Å². The maximum atomic E-state index is 12.2. The fourth-order valence-corrected chi connectivity index (χ4v) is 4.50. The monoisotopic (exact) mass is 513 g/mol. The van der Waals surface area contributed by atoms with Gasteiger partial charge in [-0.3, -0.25) is 19.2 Å². The van der Waals surface area contributed by atoms with Crippen molar-refractivity contribution in [3.05, 3.63) is 28.7 Å². The molecule has 2 aliphatic heterocycles. The van der Waals surface area contributed by atoms with Gasteiger partial charge >= 0.3 is 5.97 Å². The van der Waals surface area contributed by atoms with Crippen LogP contribution in [-0.4, -0.2) is 51.6 Å². The average molecular weight is 514 g/mol. The quantitative estimate of drug-likeness (QED) is 0.390. The van der Waals surface area contributed by atoms with E-state index in [2.05, 4.69) is 46.8 Å². The van der Waals surface area contributed by atoms with E-state index in [1.807, 2.05) is 0 Å². The summed E-state index contributed by atoms with van der Waals surface area (Å²) >= 11 is 5.30. The first-order valence-electron chi connectivity index (χ1n) is 8.57. The lowest BCUT2D eigenvalue weighted by atomic mass is 10.2. The van der Waals surface area contributed by atoms with Crippen molar-refractivity contribution in [3.63, 3.8) is 0 Å². The average Bonchev–Trinajstić information content (AvgIpc) is 3.23. The van der Waals surface area contributed by atoms with Gasteiger partial charge in [0.2, 0.25) is 11.8 Å². The highest BCUT2D eigenvalue weighted by molar-refractivity contribution is 9.10. The topological polar surface area (TPSA) is 138 Å². The molecule has 1 aromatic carbocycles. The van der Waals surface area contributed by atoms with Crippen LogP contribution in [-0.2, 0) is 19.1 Å². The summed E-state index contributed by atoms with van der Waals surface area (Å²) in [7, 11) is 1.26. The third-order valence-electron chi connectivity index (χ3n) is 3.89. The summed E-state index contributed by atoms with van der Waals surface area (Å²) in [4.78, 5) is 47.4. The molecule has 0 aromatic heterocycles. The number of benzene rings is 1. The minimum absolute atomic E-state index is 0.0397. The van der Waals surface area contributed by atoms with Crippen LogP contribution in [0.5, 0.6) is 0 Å². The van der Waals surface area contributed by atoms with Crippen molar-refractivity contribution in [1.29, 1.82) is 0 Å². The number of nitrogens with zero attached hydrogens (tertiary/aromatic N) is 2. The molecule has 0 aliphatic carbocycles. The fourth-order valence-electron chi connectivity index (χ4n) is 2.46. The van der Waals surface area contributed by atoms with Gasteiger partial charge in [-0.1, -0.05) is 39.5 Å². The summed E-state index contributed by atoms with van der Waals surface area (Å²) in [6.07, 6.45) is -0.0817. The molecule has 0 saturated carbocycles. The van der Waals surface area contributed by atoms with Crippen molar-refractivity contribution < 1.29 is 23.9 Å². The Bertz CT molecular complexity index is 937. The fraction of sp³-hybridized carbons (Fsp3) is 0.294. The molecule has 158 valence electrons. The molecule has 10 nitrogen and oxygen atoms in total. The molecule has 0 bridgehead atoms. The van der Waals surface area contributed by atoms with Crippen LogP contribution in [0.2, 0.25) is 0 Å². The predicted molar refractivity (Wildman–Crippen MR) is 118 cm³/mol. The lowest BCUT2D eigenvalue weighted by molar-refractivity contribution is -0.140. The first kappa shape index (κ1) is 22.3. The number of hydrogen-bond acceptors (Lipinski definition) is 9. The number of ether oxygens (including phenoxy) is 1. The summed E-state index contributed by atoms with van der Waals surface area (Å²) in [5.41, 5.74) is 0.623. The van der Waals surface area contributed by atoms with Crippen molar-refractivity contribution in [1.82, 2.24) is 10.6 Å². The zero-order chi connectivity index (χ0) is 21.7. The van der Waals surface area contributed by atoms with Gasteiger partial charge in [-0.15, -0.1) is 10.2 Å². The Kier molecular flexibility index (Phi) is 7.50. The number of hydrogen-bond donors (Lipinski definition) is 3. The van der Waals surface area contributed by atoms with Crippen LogP contribution in [0.4, 0.5) is 10.5 Å². The summed E-state index contributed by atoms with van der Waals surface area (Å²) in [6.45, 7) is 0. The molecule has 3 amide bonds. The lowest BCUT2D eigenvalue weighted by Crippen LogP contribution is -2.28. The maximum absolute atomic E-state index is 12.2. The standard InChI is InChI=1S/C17H16BrN5O5S2/c1-28-13(25)7-10-14(20-17(27)30-10)22-23-16-21-15(26)11(29-16)6-12(24)19-9-4-2-8(18)3-5-9/h2-5,10-11H,6-7H2,1H3,(H,19,24)(H,20,22,27)(H,21,23,26)/t10-,11+/m0/s1. The van der Waals surface area contributed by atoms with Gasteiger partial charge in [-0.2, -0.15) is 0 Å². The lowest BCUT2D eigenvalue weighted by Gasteiger charge is -2.07.